The molecule has 1 saturated heterocycles. The number of anilines is 2. The number of benzene rings is 2. The summed E-state index contributed by atoms with van der Waals surface area (Å²) in [6.45, 7) is 2.76. The molecule has 0 radical (unpaired) electrons. The van der Waals surface area contributed by atoms with E-state index >= 15 is 0 Å². The van der Waals surface area contributed by atoms with Crippen molar-refractivity contribution >= 4 is 23.3 Å². The first kappa shape index (κ1) is 23.4. The number of likely N-dealkylation sites (tertiary alicyclic amines) is 1. The Hall–Kier alpha value is -3.75. The molecule has 0 unspecified atom stereocenters. The number of halogens is 3. The quantitative estimate of drug-likeness (QED) is 0.501. The summed E-state index contributed by atoms with van der Waals surface area (Å²) in [5, 5.41) is 0. The van der Waals surface area contributed by atoms with Crippen molar-refractivity contribution in [2.24, 2.45) is 5.92 Å². The SMILES string of the molecule is CC(=O)N1CCC(CC(=O)N(c2ccccc2)c2cnc(-c3cc(F)cc(F)c3F)cn2)CC1. The van der Waals surface area contributed by atoms with E-state index in [0.717, 1.165) is 18.9 Å². The molecule has 0 N–H and O–H groups in total. The van der Waals surface area contributed by atoms with E-state index in [2.05, 4.69) is 9.97 Å². The fraction of sp³-hybridized carbons (Fsp3) is 0.280. The monoisotopic (exact) mass is 468 g/mol. The highest BCUT2D eigenvalue weighted by atomic mass is 19.2. The lowest BCUT2D eigenvalue weighted by Gasteiger charge is -2.32. The topological polar surface area (TPSA) is 66.4 Å². The Morgan fingerprint density at radius 3 is 2.35 bits per heavy atom. The lowest BCUT2D eigenvalue weighted by molar-refractivity contribution is -0.130. The highest BCUT2D eigenvalue weighted by molar-refractivity contribution is 5.99. The van der Waals surface area contributed by atoms with E-state index in [-0.39, 0.29) is 41.2 Å². The number of carbonyl (C=O) groups excluding carboxylic acids is 2. The molecular formula is C25H23F3N4O2. The van der Waals surface area contributed by atoms with Crippen LogP contribution in [0.5, 0.6) is 0 Å². The first-order chi connectivity index (χ1) is 16.3. The molecule has 1 fully saturated rings. The second-order valence-corrected chi connectivity index (χ2v) is 8.23. The fourth-order valence-electron chi connectivity index (χ4n) is 4.09. The van der Waals surface area contributed by atoms with Gasteiger partial charge in [0.05, 0.1) is 23.8 Å². The van der Waals surface area contributed by atoms with Crippen molar-refractivity contribution in [2.75, 3.05) is 18.0 Å². The number of para-hydroxylation sites is 1. The summed E-state index contributed by atoms with van der Waals surface area (Å²) < 4.78 is 41.4. The Balaban J connectivity index is 1.59. The molecule has 2 heterocycles. The highest BCUT2D eigenvalue weighted by Crippen LogP contribution is 2.30. The smallest absolute Gasteiger partial charge is 0.233 e. The van der Waals surface area contributed by atoms with Crippen LogP contribution in [0.4, 0.5) is 24.7 Å². The molecule has 2 amide bonds. The van der Waals surface area contributed by atoms with Gasteiger partial charge >= 0.3 is 0 Å². The molecule has 0 saturated carbocycles. The Bertz CT molecular complexity index is 1180. The van der Waals surface area contributed by atoms with Gasteiger partial charge in [0.2, 0.25) is 11.8 Å². The average molecular weight is 468 g/mol. The van der Waals surface area contributed by atoms with Crippen LogP contribution < -0.4 is 4.90 Å². The molecule has 9 heteroatoms. The summed E-state index contributed by atoms with van der Waals surface area (Å²) in [4.78, 5) is 36.5. The molecule has 1 aromatic heterocycles. The van der Waals surface area contributed by atoms with E-state index in [1.165, 1.54) is 24.2 Å². The fourth-order valence-corrected chi connectivity index (χ4v) is 4.09. The van der Waals surface area contributed by atoms with Crippen LogP contribution in [0.15, 0.2) is 54.9 Å². The number of hydrogen-bond donors (Lipinski definition) is 0. The van der Waals surface area contributed by atoms with Gasteiger partial charge in [0.25, 0.3) is 0 Å². The third kappa shape index (κ3) is 5.08. The summed E-state index contributed by atoms with van der Waals surface area (Å²) in [6.07, 6.45) is 4.17. The standard InChI is InChI=1S/C25H23F3N4O2/c1-16(33)31-9-7-17(8-10-31)11-24(34)32(19-5-3-2-4-6-19)23-15-29-22(14-30-23)20-12-18(26)13-21(27)25(20)28/h2-6,12-15,17H,7-11H2,1H3. The number of aromatic nitrogens is 2. The molecular weight excluding hydrogens is 445 g/mol. The van der Waals surface area contributed by atoms with Gasteiger partial charge in [-0.25, -0.2) is 18.2 Å². The van der Waals surface area contributed by atoms with Crippen molar-refractivity contribution in [3.63, 3.8) is 0 Å². The van der Waals surface area contributed by atoms with Gasteiger partial charge in [0.1, 0.15) is 5.82 Å². The number of carbonyl (C=O) groups is 2. The van der Waals surface area contributed by atoms with Crippen LogP contribution >= 0.6 is 0 Å². The summed E-state index contributed by atoms with van der Waals surface area (Å²) >= 11 is 0. The molecule has 0 spiro atoms. The van der Waals surface area contributed by atoms with E-state index in [1.807, 2.05) is 6.07 Å². The van der Waals surface area contributed by atoms with Gasteiger partial charge < -0.3 is 4.90 Å². The molecule has 4 rings (SSSR count). The van der Waals surface area contributed by atoms with Crippen LogP contribution in [0.3, 0.4) is 0 Å². The molecule has 6 nitrogen and oxygen atoms in total. The first-order valence-electron chi connectivity index (χ1n) is 10.9. The van der Waals surface area contributed by atoms with Crippen molar-refractivity contribution in [1.29, 1.82) is 0 Å². The highest BCUT2D eigenvalue weighted by Gasteiger charge is 2.27. The molecule has 1 aliphatic rings. The van der Waals surface area contributed by atoms with Crippen LogP contribution in [0, 0.1) is 23.4 Å². The minimum absolute atomic E-state index is 0.0284. The van der Waals surface area contributed by atoms with Crippen LogP contribution in [0.25, 0.3) is 11.3 Å². The molecule has 176 valence electrons. The zero-order valence-electron chi connectivity index (χ0n) is 18.5. The van der Waals surface area contributed by atoms with Crippen LogP contribution in [0.1, 0.15) is 26.2 Å². The minimum Gasteiger partial charge on any atom is -0.343 e. The lowest BCUT2D eigenvalue weighted by Crippen LogP contribution is -2.38. The number of piperidine rings is 1. The first-order valence-corrected chi connectivity index (χ1v) is 10.9. The van der Waals surface area contributed by atoms with Crippen molar-refractivity contribution in [2.45, 2.75) is 26.2 Å². The zero-order chi connectivity index (χ0) is 24.2. The summed E-state index contributed by atoms with van der Waals surface area (Å²) in [5.74, 6) is -3.33. The van der Waals surface area contributed by atoms with E-state index in [9.17, 15) is 22.8 Å². The van der Waals surface area contributed by atoms with Crippen molar-refractivity contribution in [3.05, 3.63) is 72.3 Å². The molecule has 0 aliphatic carbocycles. The number of hydrogen-bond acceptors (Lipinski definition) is 4. The van der Waals surface area contributed by atoms with Gasteiger partial charge in [-0.2, -0.15) is 0 Å². The Labute approximate surface area is 195 Å². The molecule has 3 aromatic rings. The maximum atomic E-state index is 14.2. The van der Waals surface area contributed by atoms with Crippen molar-refractivity contribution in [3.8, 4) is 11.3 Å². The second-order valence-electron chi connectivity index (χ2n) is 8.23. The Morgan fingerprint density at radius 2 is 1.74 bits per heavy atom. The molecule has 2 aromatic carbocycles. The van der Waals surface area contributed by atoms with Gasteiger partial charge in [-0.1, -0.05) is 18.2 Å². The summed E-state index contributed by atoms with van der Waals surface area (Å²) in [7, 11) is 0. The number of nitrogens with zero attached hydrogens (tertiary/aromatic N) is 4. The number of rotatable bonds is 5. The maximum Gasteiger partial charge on any atom is 0.233 e. The largest absolute Gasteiger partial charge is 0.343 e. The molecule has 34 heavy (non-hydrogen) atoms. The van der Waals surface area contributed by atoms with E-state index in [4.69, 9.17) is 0 Å². The molecule has 0 bridgehead atoms. The normalized spacial score (nSPS) is 14.2. The second kappa shape index (κ2) is 10.0. The van der Waals surface area contributed by atoms with Crippen molar-refractivity contribution < 1.29 is 22.8 Å². The van der Waals surface area contributed by atoms with Gasteiger partial charge in [-0.05, 0) is 37.0 Å². The van der Waals surface area contributed by atoms with Crippen LogP contribution in [-0.4, -0.2) is 39.8 Å². The summed E-state index contributed by atoms with van der Waals surface area (Å²) in [6, 6.07) is 10.2. The third-order valence-corrected chi connectivity index (χ3v) is 5.92. The van der Waals surface area contributed by atoms with E-state index in [1.54, 1.807) is 29.2 Å². The maximum absolute atomic E-state index is 14.2. The number of amides is 2. The molecule has 1 aliphatic heterocycles. The predicted molar refractivity (Wildman–Crippen MR) is 121 cm³/mol. The van der Waals surface area contributed by atoms with E-state index in [0.29, 0.717) is 24.8 Å². The predicted octanol–water partition coefficient (Wildman–Crippen LogP) is 4.87. The van der Waals surface area contributed by atoms with E-state index < -0.39 is 17.5 Å². The van der Waals surface area contributed by atoms with Crippen LogP contribution in [-0.2, 0) is 9.59 Å². The van der Waals surface area contributed by atoms with Gasteiger partial charge in [-0.3, -0.25) is 19.5 Å². The van der Waals surface area contributed by atoms with Crippen LogP contribution in [0.2, 0.25) is 0 Å². The zero-order valence-corrected chi connectivity index (χ0v) is 18.5. The third-order valence-electron chi connectivity index (χ3n) is 5.92. The molecule has 0 atom stereocenters. The summed E-state index contributed by atoms with van der Waals surface area (Å²) in [5.41, 5.74) is 0.168. The lowest BCUT2D eigenvalue weighted by atomic mass is 9.93. The van der Waals surface area contributed by atoms with Gasteiger partial charge in [0, 0.05) is 38.1 Å². The minimum atomic E-state index is -1.32. The Kier molecular flexibility index (Phi) is 6.90. The Morgan fingerprint density at radius 1 is 1.03 bits per heavy atom. The van der Waals surface area contributed by atoms with Gasteiger partial charge in [-0.15, -0.1) is 0 Å². The average Bonchev–Trinajstić information content (AvgIpc) is 2.83. The van der Waals surface area contributed by atoms with Gasteiger partial charge in [0.15, 0.2) is 17.5 Å². The van der Waals surface area contributed by atoms with Crippen molar-refractivity contribution in [1.82, 2.24) is 14.9 Å².